The minimum atomic E-state index is 0.0981. The van der Waals surface area contributed by atoms with Crippen molar-refractivity contribution in [2.24, 2.45) is 0 Å². The predicted molar refractivity (Wildman–Crippen MR) is 54.5 cm³/mol. The van der Waals surface area contributed by atoms with Crippen LogP contribution in [0.3, 0.4) is 0 Å². The summed E-state index contributed by atoms with van der Waals surface area (Å²) >= 11 is 5.71. The summed E-state index contributed by atoms with van der Waals surface area (Å²) in [7, 11) is 0. The molecule has 0 aromatic heterocycles. The number of carbonyl (C=O) groups excluding carboxylic acids is 1. The van der Waals surface area contributed by atoms with E-state index in [0.29, 0.717) is 17.4 Å². The molecule has 4 heteroatoms. The topological polar surface area (TPSA) is 29.1 Å². The Hall–Kier alpha value is 0.170. The standard InChI is InChI=1S/C7H15NOS2/c1-6(11-2)5-8-7(9)3-4-10/h6,10H,3-5H2,1-2H3,(H,8,9). The van der Waals surface area contributed by atoms with Crippen molar-refractivity contribution in [3.05, 3.63) is 0 Å². The zero-order valence-electron chi connectivity index (χ0n) is 6.96. The highest BCUT2D eigenvalue weighted by molar-refractivity contribution is 7.99. The molecule has 0 aliphatic rings. The lowest BCUT2D eigenvalue weighted by Crippen LogP contribution is -2.29. The molecule has 0 bridgehead atoms. The van der Waals surface area contributed by atoms with Crippen LogP contribution in [0.1, 0.15) is 13.3 Å². The lowest BCUT2D eigenvalue weighted by Gasteiger charge is -2.08. The first kappa shape index (κ1) is 11.2. The Kier molecular flexibility index (Phi) is 6.96. The number of rotatable bonds is 5. The minimum Gasteiger partial charge on any atom is -0.355 e. The first-order chi connectivity index (χ1) is 5.20. The fourth-order valence-corrected chi connectivity index (χ4v) is 0.984. The second-order valence-electron chi connectivity index (χ2n) is 2.32. The van der Waals surface area contributed by atoms with Crippen LogP contribution in [0.25, 0.3) is 0 Å². The van der Waals surface area contributed by atoms with Crippen molar-refractivity contribution >= 4 is 30.3 Å². The molecule has 0 saturated carbocycles. The van der Waals surface area contributed by atoms with E-state index in [-0.39, 0.29) is 5.91 Å². The fraction of sp³-hybridized carbons (Fsp3) is 0.857. The zero-order chi connectivity index (χ0) is 8.69. The van der Waals surface area contributed by atoms with Crippen molar-refractivity contribution in [3.63, 3.8) is 0 Å². The number of thiol groups is 1. The van der Waals surface area contributed by atoms with Gasteiger partial charge in [-0.1, -0.05) is 6.92 Å². The first-order valence-electron chi connectivity index (χ1n) is 3.61. The third-order valence-electron chi connectivity index (χ3n) is 1.33. The van der Waals surface area contributed by atoms with E-state index in [0.717, 1.165) is 6.54 Å². The van der Waals surface area contributed by atoms with Gasteiger partial charge in [0.05, 0.1) is 0 Å². The van der Waals surface area contributed by atoms with Gasteiger partial charge >= 0.3 is 0 Å². The molecule has 0 aromatic rings. The third-order valence-corrected chi connectivity index (χ3v) is 2.52. The number of amides is 1. The Bertz CT molecular complexity index is 119. The molecule has 0 saturated heterocycles. The van der Waals surface area contributed by atoms with Crippen molar-refractivity contribution in [1.29, 1.82) is 0 Å². The summed E-state index contributed by atoms with van der Waals surface area (Å²) < 4.78 is 0. The average molecular weight is 193 g/mol. The second-order valence-corrected chi connectivity index (χ2v) is 4.05. The number of nitrogens with one attached hydrogen (secondary N) is 1. The lowest BCUT2D eigenvalue weighted by atomic mass is 10.4. The van der Waals surface area contributed by atoms with E-state index in [1.54, 1.807) is 11.8 Å². The van der Waals surface area contributed by atoms with E-state index in [9.17, 15) is 4.79 Å². The van der Waals surface area contributed by atoms with E-state index in [1.807, 2.05) is 6.26 Å². The van der Waals surface area contributed by atoms with Crippen LogP contribution in [0.2, 0.25) is 0 Å². The molecular formula is C7H15NOS2. The summed E-state index contributed by atoms with van der Waals surface area (Å²) in [4.78, 5) is 10.9. The van der Waals surface area contributed by atoms with Gasteiger partial charge in [0, 0.05) is 18.2 Å². The summed E-state index contributed by atoms with van der Waals surface area (Å²) in [6, 6.07) is 0. The van der Waals surface area contributed by atoms with Gasteiger partial charge in [0.1, 0.15) is 0 Å². The van der Waals surface area contributed by atoms with Crippen molar-refractivity contribution in [2.75, 3.05) is 18.6 Å². The highest BCUT2D eigenvalue weighted by Crippen LogP contribution is 2.02. The van der Waals surface area contributed by atoms with Crippen LogP contribution in [0, 0.1) is 0 Å². The number of carbonyl (C=O) groups is 1. The van der Waals surface area contributed by atoms with Gasteiger partial charge in [-0.15, -0.1) is 0 Å². The third kappa shape index (κ3) is 6.56. The first-order valence-corrected chi connectivity index (χ1v) is 5.53. The molecule has 0 fully saturated rings. The number of hydrogen-bond acceptors (Lipinski definition) is 3. The van der Waals surface area contributed by atoms with Crippen LogP contribution in [0.15, 0.2) is 0 Å². The van der Waals surface area contributed by atoms with Crippen molar-refractivity contribution in [3.8, 4) is 0 Å². The summed E-state index contributed by atoms with van der Waals surface area (Å²) in [5.74, 6) is 0.723. The normalized spacial score (nSPS) is 12.6. The molecule has 2 nitrogen and oxygen atoms in total. The van der Waals surface area contributed by atoms with Crippen molar-refractivity contribution < 1.29 is 4.79 Å². The molecule has 0 rings (SSSR count). The maximum Gasteiger partial charge on any atom is 0.220 e. The molecule has 0 aliphatic carbocycles. The van der Waals surface area contributed by atoms with Gasteiger partial charge in [0.15, 0.2) is 0 Å². The summed E-state index contributed by atoms with van der Waals surface area (Å²) in [5, 5.41) is 3.32. The van der Waals surface area contributed by atoms with Gasteiger partial charge in [-0.3, -0.25) is 4.79 Å². The molecule has 0 spiro atoms. The highest BCUT2D eigenvalue weighted by atomic mass is 32.2. The van der Waals surface area contributed by atoms with E-state index in [1.165, 1.54) is 0 Å². The molecular weight excluding hydrogens is 178 g/mol. The lowest BCUT2D eigenvalue weighted by molar-refractivity contribution is -0.120. The Balaban J connectivity index is 3.30. The Morgan fingerprint density at radius 2 is 2.36 bits per heavy atom. The maximum absolute atomic E-state index is 10.9. The van der Waals surface area contributed by atoms with E-state index in [2.05, 4.69) is 24.9 Å². The average Bonchev–Trinajstić information content (AvgIpc) is 2.01. The molecule has 1 unspecified atom stereocenters. The van der Waals surface area contributed by atoms with Crippen LogP contribution >= 0.6 is 24.4 Å². The van der Waals surface area contributed by atoms with Gasteiger partial charge in [-0.2, -0.15) is 24.4 Å². The smallest absolute Gasteiger partial charge is 0.220 e. The van der Waals surface area contributed by atoms with Gasteiger partial charge in [-0.25, -0.2) is 0 Å². The zero-order valence-corrected chi connectivity index (χ0v) is 8.67. The Morgan fingerprint density at radius 1 is 1.73 bits per heavy atom. The summed E-state index contributed by atoms with van der Waals surface area (Å²) in [5.41, 5.74) is 0. The van der Waals surface area contributed by atoms with Crippen LogP contribution in [0.5, 0.6) is 0 Å². The molecule has 11 heavy (non-hydrogen) atoms. The fourth-order valence-electron chi connectivity index (χ4n) is 0.531. The molecule has 0 radical (unpaired) electrons. The van der Waals surface area contributed by atoms with Gasteiger partial charge < -0.3 is 5.32 Å². The number of thioether (sulfide) groups is 1. The minimum absolute atomic E-state index is 0.0981. The molecule has 1 N–H and O–H groups in total. The number of hydrogen-bond donors (Lipinski definition) is 2. The van der Waals surface area contributed by atoms with E-state index < -0.39 is 0 Å². The van der Waals surface area contributed by atoms with Gasteiger partial charge in [-0.05, 0) is 12.0 Å². The van der Waals surface area contributed by atoms with Crippen LogP contribution in [-0.2, 0) is 4.79 Å². The molecule has 0 heterocycles. The molecule has 1 amide bonds. The predicted octanol–water partition coefficient (Wildman–Crippen LogP) is 1.17. The summed E-state index contributed by atoms with van der Waals surface area (Å²) in [6.45, 7) is 2.85. The maximum atomic E-state index is 10.9. The van der Waals surface area contributed by atoms with Crippen LogP contribution < -0.4 is 5.32 Å². The Labute approximate surface area is 77.9 Å². The largest absolute Gasteiger partial charge is 0.355 e. The van der Waals surface area contributed by atoms with E-state index >= 15 is 0 Å². The molecule has 66 valence electrons. The van der Waals surface area contributed by atoms with Crippen LogP contribution in [0.4, 0.5) is 0 Å². The molecule has 0 aliphatic heterocycles. The van der Waals surface area contributed by atoms with Crippen molar-refractivity contribution in [2.45, 2.75) is 18.6 Å². The molecule has 1 atom stereocenters. The monoisotopic (exact) mass is 193 g/mol. The van der Waals surface area contributed by atoms with E-state index in [4.69, 9.17) is 0 Å². The SMILES string of the molecule is CSC(C)CNC(=O)CCS. The highest BCUT2D eigenvalue weighted by Gasteiger charge is 2.01. The van der Waals surface area contributed by atoms with Crippen LogP contribution in [-0.4, -0.2) is 29.7 Å². The summed E-state index contributed by atoms with van der Waals surface area (Å²) in [6.07, 6.45) is 2.56. The Morgan fingerprint density at radius 3 is 2.82 bits per heavy atom. The van der Waals surface area contributed by atoms with Gasteiger partial charge in [0.2, 0.25) is 5.91 Å². The van der Waals surface area contributed by atoms with Crippen molar-refractivity contribution in [1.82, 2.24) is 5.32 Å². The van der Waals surface area contributed by atoms with Gasteiger partial charge in [0.25, 0.3) is 0 Å². The second kappa shape index (κ2) is 6.85. The molecule has 0 aromatic carbocycles. The quantitative estimate of drug-likeness (QED) is 0.642.